The van der Waals surface area contributed by atoms with E-state index in [4.69, 9.17) is 0 Å². The fourth-order valence-electron chi connectivity index (χ4n) is 2.75. The van der Waals surface area contributed by atoms with Crippen LogP contribution in [-0.2, 0) is 0 Å². The molecule has 90 valence electrons. The van der Waals surface area contributed by atoms with Gasteiger partial charge in [-0.25, -0.2) is 4.98 Å². The Hall–Kier alpha value is -1.58. The highest BCUT2D eigenvalue weighted by atomic mass is 15.3. The smallest absolute Gasteiger partial charge is 0.157 e. The van der Waals surface area contributed by atoms with Crippen LogP contribution in [-0.4, -0.2) is 27.7 Å². The molecule has 1 aliphatic rings. The van der Waals surface area contributed by atoms with Gasteiger partial charge in [-0.3, -0.25) is 0 Å². The van der Waals surface area contributed by atoms with Gasteiger partial charge in [0, 0.05) is 30.9 Å². The number of hydrogen-bond acceptors (Lipinski definition) is 3. The Morgan fingerprint density at radius 2 is 2.12 bits per heavy atom. The highest BCUT2D eigenvalue weighted by Gasteiger charge is 2.21. The molecule has 1 fully saturated rings. The van der Waals surface area contributed by atoms with Gasteiger partial charge in [0.25, 0.3) is 0 Å². The zero-order valence-corrected chi connectivity index (χ0v) is 10.4. The first-order valence-corrected chi connectivity index (χ1v) is 6.30. The quantitative estimate of drug-likeness (QED) is 0.794. The molecule has 0 unspecified atom stereocenters. The predicted octanol–water partition coefficient (Wildman–Crippen LogP) is 2.42. The largest absolute Gasteiger partial charge is 0.357 e. The molecule has 0 N–H and O–H groups in total. The summed E-state index contributed by atoms with van der Waals surface area (Å²) < 4.78 is 1.94. The van der Waals surface area contributed by atoms with Crippen LogP contribution in [0.4, 0.5) is 5.82 Å². The van der Waals surface area contributed by atoms with E-state index in [9.17, 15) is 0 Å². The molecule has 0 radical (unpaired) electrons. The van der Waals surface area contributed by atoms with Gasteiger partial charge < -0.3 is 4.90 Å². The van der Waals surface area contributed by atoms with Crippen molar-refractivity contribution < 1.29 is 0 Å². The second-order valence-corrected chi connectivity index (χ2v) is 4.91. The van der Waals surface area contributed by atoms with Gasteiger partial charge in [0.15, 0.2) is 5.65 Å². The number of aryl methyl sites for hydroxylation is 1. The van der Waals surface area contributed by atoms with Crippen LogP contribution in [0.2, 0.25) is 0 Å². The molecule has 4 heteroatoms. The third-order valence-electron chi connectivity index (χ3n) is 3.70. The normalized spacial score (nSPS) is 16.8. The minimum absolute atomic E-state index is 0.657. The van der Waals surface area contributed by atoms with E-state index in [0.717, 1.165) is 17.2 Å². The first-order chi connectivity index (χ1) is 8.25. The lowest BCUT2D eigenvalue weighted by molar-refractivity contribution is 0.636. The van der Waals surface area contributed by atoms with Crippen molar-refractivity contribution in [2.24, 2.45) is 0 Å². The van der Waals surface area contributed by atoms with Gasteiger partial charge in [-0.05, 0) is 19.8 Å². The van der Waals surface area contributed by atoms with Crippen molar-refractivity contribution in [1.82, 2.24) is 14.6 Å². The van der Waals surface area contributed by atoms with E-state index >= 15 is 0 Å². The standard InChI is InChI=1S/C13H18N4/c1-10-9-13(16(2)11-5-3-4-6-11)17-12(15-10)7-8-14-17/h7-9,11H,3-6H2,1-2H3. The van der Waals surface area contributed by atoms with E-state index in [1.54, 1.807) is 0 Å². The number of hydrogen-bond donors (Lipinski definition) is 0. The Morgan fingerprint density at radius 3 is 2.88 bits per heavy atom. The van der Waals surface area contributed by atoms with E-state index < -0.39 is 0 Å². The number of nitrogens with zero attached hydrogens (tertiary/aromatic N) is 4. The zero-order valence-electron chi connectivity index (χ0n) is 10.4. The van der Waals surface area contributed by atoms with Crippen LogP contribution in [0.5, 0.6) is 0 Å². The average molecular weight is 230 g/mol. The van der Waals surface area contributed by atoms with E-state index in [-0.39, 0.29) is 0 Å². The van der Waals surface area contributed by atoms with Crippen molar-refractivity contribution in [3.8, 4) is 0 Å². The zero-order chi connectivity index (χ0) is 11.8. The van der Waals surface area contributed by atoms with Gasteiger partial charge in [0.2, 0.25) is 0 Å². The topological polar surface area (TPSA) is 33.4 Å². The number of aromatic nitrogens is 3. The van der Waals surface area contributed by atoms with Crippen molar-refractivity contribution in [3.05, 3.63) is 24.0 Å². The Morgan fingerprint density at radius 1 is 1.35 bits per heavy atom. The molecular formula is C13H18N4. The minimum Gasteiger partial charge on any atom is -0.357 e. The van der Waals surface area contributed by atoms with Gasteiger partial charge in [-0.2, -0.15) is 9.61 Å². The third kappa shape index (κ3) is 1.77. The first-order valence-electron chi connectivity index (χ1n) is 6.30. The molecule has 0 spiro atoms. The van der Waals surface area contributed by atoms with Crippen LogP contribution in [0.3, 0.4) is 0 Å². The van der Waals surface area contributed by atoms with Crippen molar-refractivity contribution in [2.45, 2.75) is 38.6 Å². The van der Waals surface area contributed by atoms with Crippen molar-refractivity contribution in [2.75, 3.05) is 11.9 Å². The summed E-state index contributed by atoms with van der Waals surface area (Å²) in [6, 6.07) is 4.74. The molecular weight excluding hydrogens is 212 g/mol. The van der Waals surface area contributed by atoms with Crippen LogP contribution in [0.15, 0.2) is 18.3 Å². The summed E-state index contributed by atoms with van der Waals surface area (Å²) in [4.78, 5) is 6.84. The summed E-state index contributed by atoms with van der Waals surface area (Å²) in [5.74, 6) is 1.16. The predicted molar refractivity (Wildman–Crippen MR) is 68.4 cm³/mol. The molecule has 17 heavy (non-hydrogen) atoms. The fraction of sp³-hybridized carbons (Fsp3) is 0.538. The molecule has 1 saturated carbocycles. The lowest BCUT2D eigenvalue weighted by Crippen LogP contribution is -2.30. The maximum absolute atomic E-state index is 4.48. The second kappa shape index (κ2) is 4.02. The molecule has 2 heterocycles. The van der Waals surface area contributed by atoms with Gasteiger partial charge in [0.1, 0.15) is 5.82 Å². The maximum atomic E-state index is 4.48. The summed E-state index contributed by atoms with van der Waals surface area (Å²) in [5.41, 5.74) is 1.99. The summed E-state index contributed by atoms with van der Waals surface area (Å²) in [5, 5.41) is 4.36. The van der Waals surface area contributed by atoms with Gasteiger partial charge in [-0.15, -0.1) is 0 Å². The molecule has 3 rings (SSSR count). The van der Waals surface area contributed by atoms with Crippen molar-refractivity contribution in [1.29, 1.82) is 0 Å². The Kier molecular flexibility index (Phi) is 2.50. The molecule has 0 saturated heterocycles. The minimum atomic E-state index is 0.657. The Balaban J connectivity index is 2.05. The lowest BCUT2D eigenvalue weighted by atomic mass is 10.2. The van der Waals surface area contributed by atoms with Gasteiger partial charge >= 0.3 is 0 Å². The molecule has 0 aliphatic heterocycles. The van der Waals surface area contributed by atoms with Gasteiger partial charge in [-0.1, -0.05) is 12.8 Å². The molecule has 0 bridgehead atoms. The van der Waals surface area contributed by atoms with Crippen LogP contribution in [0.25, 0.3) is 5.65 Å². The van der Waals surface area contributed by atoms with Crippen LogP contribution in [0, 0.1) is 6.92 Å². The van der Waals surface area contributed by atoms with E-state index in [1.807, 2.05) is 23.7 Å². The average Bonchev–Trinajstić information content (AvgIpc) is 2.97. The van der Waals surface area contributed by atoms with E-state index in [0.29, 0.717) is 6.04 Å². The number of anilines is 1. The summed E-state index contributed by atoms with van der Waals surface area (Å²) in [6.07, 6.45) is 7.09. The fourth-order valence-corrected chi connectivity index (χ4v) is 2.75. The van der Waals surface area contributed by atoms with Crippen LogP contribution in [0.1, 0.15) is 31.4 Å². The lowest BCUT2D eigenvalue weighted by Gasteiger charge is -2.26. The van der Waals surface area contributed by atoms with Crippen molar-refractivity contribution >= 4 is 11.5 Å². The summed E-state index contributed by atoms with van der Waals surface area (Å²) in [6.45, 7) is 2.04. The Bertz CT molecular complexity index is 525. The molecule has 0 atom stereocenters. The van der Waals surface area contributed by atoms with E-state index in [2.05, 4.69) is 28.1 Å². The van der Waals surface area contributed by atoms with Gasteiger partial charge in [0.05, 0.1) is 6.20 Å². The molecule has 2 aromatic heterocycles. The van der Waals surface area contributed by atoms with E-state index in [1.165, 1.54) is 25.7 Å². The van der Waals surface area contributed by atoms with Crippen molar-refractivity contribution in [3.63, 3.8) is 0 Å². The molecule has 0 aromatic carbocycles. The third-order valence-corrected chi connectivity index (χ3v) is 3.70. The highest BCUT2D eigenvalue weighted by molar-refractivity contribution is 5.50. The summed E-state index contributed by atoms with van der Waals surface area (Å²) in [7, 11) is 2.17. The monoisotopic (exact) mass is 230 g/mol. The maximum Gasteiger partial charge on any atom is 0.157 e. The summed E-state index contributed by atoms with van der Waals surface area (Å²) >= 11 is 0. The Labute approximate surface area is 101 Å². The first kappa shape index (κ1) is 10.6. The SMILES string of the molecule is Cc1cc(N(C)C2CCCC2)n2nccc2n1. The van der Waals surface area contributed by atoms with Crippen LogP contribution >= 0.6 is 0 Å². The molecule has 4 nitrogen and oxygen atoms in total. The molecule has 2 aromatic rings. The number of rotatable bonds is 2. The molecule has 1 aliphatic carbocycles. The second-order valence-electron chi connectivity index (χ2n) is 4.91. The molecule has 0 amide bonds. The highest BCUT2D eigenvalue weighted by Crippen LogP contribution is 2.27. The van der Waals surface area contributed by atoms with Crippen LogP contribution < -0.4 is 4.90 Å². The number of fused-ring (bicyclic) bond motifs is 1.